The third-order valence-corrected chi connectivity index (χ3v) is 5.43. The average molecular weight is 443 g/mol. The number of amides is 1. The van der Waals surface area contributed by atoms with Crippen LogP contribution in [0.15, 0.2) is 24.7 Å². The average Bonchev–Trinajstić information content (AvgIpc) is 3.38. The number of hydrogen-bond donors (Lipinski definition) is 1. The molecule has 31 heavy (non-hydrogen) atoms. The van der Waals surface area contributed by atoms with E-state index in [4.69, 9.17) is 14.6 Å². The van der Waals surface area contributed by atoms with E-state index in [1.165, 1.54) is 0 Å². The molecule has 2 aromatic rings. The van der Waals surface area contributed by atoms with E-state index in [9.17, 15) is 18.0 Å². The summed E-state index contributed by atoms with van der Waals surface area (Å²) in [5.41, 5.74) is 0.478. The zero-order valence-corrected chi connectivity index (χ0v) is 17.0. The van der Waals surface area contributed by atoms with Gasteiger partial charge in [0.05, 0.1) is 13.2 Å². The van der Waals surface area contributed by atoms with E-state index in [1.807, 2.05) is 17.2 Å². The molecule has 2 unspecified atom stereocenters. The third-order valence-electron chi connectivity index (χ3n) is 5.43. The summed E-state index contributed by atoms with van der Waals surface area (Å²) in [5, 5.41) is 7.12. The van der Waals surface area contributed by atoms with Crippen LogP contribution in [0.4, 0.5) is 13.2 Å². The second-order valence-electron chi connectivity index (χ2n) is 7.35. The third kappa shape index (κ3) is 5.50. The largest absolute Gasteiger partial charge is 0.490 e. The number of halogens is 3. The summed E-state index contributed by atoms with van der Waals surface area (Å²) < 4.78 is 39.0. The number of fused-ring (bicyclic) bond motifs is 1. The fourth-order valence-corrected chi connectivity index (χ4v) is 3.84. The maximum Gasteiger partial charge on any atom is 0.490 e. The van der Waals surface area contributed by atoms with Crippen molar-refractivity contribution in [3.8, 4) is 0 Å². The first kappa shape index (κ1) is 22.9. The summed E-state index contributed by atoms with van der Waals surface area (Å²) in [6.45, 7) is 7.29. The molecule has 0 aliphatic carbocycles. The summed E-state index contributed by atoms with van der Waals surface area (Å²) in [6, 6.07) is 2.26. The van der Waals surface area contributed by atoms with Crippen LogP contribution in [0.25, 0.3) is 5.78 Å². The SMILES string of the molecule is CCC1CN(C(=O)c2cn3cccnc3n2)CC1N1CCOCC1.O=C(O)C(F)(F)F. The van der Waals surface area contributed by atoms with Gasteiger partial charge >= 0.3 is 12.1 Å². The van der Waals surface area contributed by atoms with E-state index in [0.29, 0.717) is 23.4 Å². The normalized spacial score (nSPS) is 22.3. The highest BCUT2D eigenvalue weighted by molar-refractivity contribution is 5.93. The Bertz CT molecular complexity index is 880. The van der Waals surface area contributed by atoms with Gasteiger partial charge in [0.1, 0.15) is 5.69 Å². The van der Waals surface area contributed by atoms with Gasteiger partial charge in [0, 0.05) is 50.8 Å². The number of carboxylic acid groups (broad SMARTS) is 1. The second-order valence-corrected chi connectivity index (χ2v) is 7.35. The lowest BCUT2D eigenvalue weighted by atomic mass is 9.99. The van der Waals surface area contributed by atoms with Crippen LogP contribution in [-0.4, -0.2) is 92.8 Å². The number of hydrogen-bond acceptors (Lipinski definition) is 6. The lowest BCUT2D eigenvalue weighted by molar-refractivity contribution is -0.192. The molecule has 12 heteroatoms. The molecule has 0 saturated carbocycles. The van der Waals surface area contributed by atoms with Gasteiger partial charge in [-0.25, -0.2) is 14.8 Å². The van der Waals surface area contributed by atoms with Crippen molar-refractivity contribution >= 4 is 17.7 Å². The first-order valence-electron chi connectivity index (χ1n) is 9.91. The Morgan fingerprint density at radius 1 is 1.26 bits per heavy atom. The van der Waals surface area contributed by atoms with Crippen LogP contribution in [0.3, 0.4) is 0 Å². The first-order valence-corrected chi connectivity index (χ1v) is 9.91. The Kier molecular flexibility index (Phi) is 7.11. The number of carbonyl (C=O) groups excluding carboxylic acids is 1. The number of likely N-dealkylation sites (tertiary alicyclic amines) is 1. The number of carboxylic acids is 1. The molecule has 2 aliphatic heterocycles. The van der Waals surface area contributed by atoms with E-state index in [-0.39, 0.29) is 5.91 Å². The lowest BCUT2D eigenvalue weighted by Crippen LogP contribution is -2.47. The number of nitrogens with zero attached hydrogens (tertiary/aromatic N) is 5. The molecule has 170 valence electrons. The smallest absolute Gasteiger partial charge is 0.475 e. The van der Waals surface area contributed by atoms with Gasteiger partial charge in [0.15, 0.2) is 0 Å². The maximum absolute atomic E-state index is 12.9. The van der Waals surface area contributed by atoms with Crippen molar-refractivity contribution in [3.05, 3.63) is 30.4 Å². The molecule has 1 amide bonds. The number of rotatable bonds is 3. The number of aromatic nitrogens is 3. The van der Waals surface area contributed by atoms with E-state index in [2.05, 4.69) is 21.8 Å². The minimum atomic E-state index is -5.08. The van der Waals surface area contributed by atoms with Crippen LogP contribution in [0, 0.1) is 5.92 Å². The zero-order valence-electron chi connectivity index (χ0n) is 17.0. The summed E-state index contributed by atoms with van der Waals surface area (Å²) in [6.07, 6.45) is 1.32. The Morgan fingerprint density at radius 2 is 1.94 bits per heavy atom. The molecule has 2 fully saturated rings. The van der Waals surface area contributed by atoms with Gasteiger partial charge in [-0.1, -0.05) is 13.3 Å². The molecule has 4 rings (SSSR count). The Labute approximate surface area is 176 Å². The van der Waals surface area contributed by atoms with Gasteiger partial charge in [-0.3, -0.25) is 14.1 Å². The summed E-state index contributed by atoms with van der Waals surface area (Å²) in [5.74, 6) is -1.67. The van der Waals surface area contributed by atoms with Crippen LogP contribution in [-0.2, 0) is 9.53 Å². The molecule has 4 heterocycles. The topological polar surface area (TPSA) is 100 Å². The minimum Gasteiger partial charge on any atom is -0.475 e. The van der Waals surface area contributed by atoms with E-state index < -0.39 is 12.1 Å². The fraction of sp³-hybridized carbons (Fsp3) is 0.579. The molecular weight excluding hydrogens is 419 g/mol. The van der Waals surface area contributed by atoms with Gasteiger partial charge in [-0.15, -0.1) is 0 Å². The van der Waals surface area contributed by atoms with Crippen molar-refractivity contribution in [3.63, 3.8) is 0 Å². The number of morpholine rings is 1. The van der Waals surface area contributed by atoms with Gasteiger partial charge in [0.2, 0.25) is 5.78 Å². The standard InChI is InChI=1S/C17H23N5O2.C2HF3O2/c1-2-13-10-22(12-15(13)20-6-8-24-9-7-20)16(23)14-11-21-5-3-4-18-17(21)19-14;3-2(4,5)1(6)7/h3-5,11,13,15H,2,6-10,12H2,1H3;(H,6,7). The van der Waals surface area contributed by atoms with Crippen molar-refractivity contribution in [1.29, 1.82) is 0 Å². The van der Waals surface area contributed by atoms with Crippen molar-refractivity contribution in [2.24, 2.45) is 5.92 Å². The monoisotopic (exact) mass is 443 g/mol. The molecule has 1 N–H and O–H groups in total. The van der Waals surface area contributed by atoms with E-state index in [1.54, 1.807) is 16.8 Å². The molecular formula is C19H24F3N5O4. The second kappa shape index (κ2) is 9.60. The highest BCUT2D eigenvalue weighted by Crippen LogP contribution is 2.26. The molecule has 2 atom stereocenters. The highest BCUT2D eigenvalue weighted by atomic mass is 19.4. The minimum absolute atomic E-state index is 0.00899. The number of carbonyl (C=O) groups is 2. The zero-order chi connectivity index (χ0) is 22.6. The molecule has 2 aliphatic rings. The van der Waals surface area contributed by atoms with Crippen LogP contribution >= 0.6 is 0 Å². The predicted molar refractivity (Wildman–Crippen MR) is 103 cm³/mol. The lowest BCUT2D eigenvalue weighted by Gasteiger charge is -2.34. The van der Waals surface area contributed by atoms with Crippen LogP contribution in [0.2, 0.25) is 0 Å². The predicted octanol–water partition coefficient (Wildman–Crippen LogP) is 1.55. The number of aliphatic carboxylic acids is 1. The fourth-order valence-electron chi connectivity index (χ4n) is 3.84. The summed E-state index contributed by atoms with van der Waals surface area (Å²) >= 11 is 0. The molecule has 0 radical (unpaired) electrons. The van der Waals surface area contributed by atoms with Crippen LogP contribution in [0.1, 0.15) is 23.8 Å². The summed E-state index contributed by atoms with van der Waals surface area (Å²) in [7, 11) is 0. The van der Waals surface area contributed by atoms with Crippen molar-refractivity contribution in [2.75, 3.05) is 39.4 Å². The van der Waals surface area contributed by atoms with Crippen molar-refractivity contribution in [1.82, 2.24) is 24.2 Å². The molecule has 0 spiro atoms. The van der Waals surface area contributed by atoms with Crippen molar-refractivity contribution in [2.45, 2.75) is 25.6 Å². The number of alkyl halides is 3. The van der Waals surface area contributed by atoms with Crippen LogP contribution < -0.4 is 0 Å². The van der Waals surface area contributed by atoms with Crippen LogP contribution in [0.5, 0.6) is 0 Å². The van der Waals surface area contributed by atoms with Gasteiger partial charge in [0.25, 0.3) is 5.91 Å². The molecule has 2 aromatic heterocycles. The molecule has 2 saturated heterocycles. The molecule has 0 bridgehead atoms. The van der Waals surface area contributed by atoms with Gasteiger partial charge in [-0.2, -0.15) is 13.2 Å². The quantitative estimate of drug-likeness (QED) is 0.768. The van der Waals surface area contributed by atoms with E-state index in [0.717, 1.165) is 45.8 Å². The number of imidazole rings is 1. The Morgan fingerprint density at radius 3 is 2.52 bits per heavy atom. The van der Waals surface area contributed by atoms with E-state index >= 15 is 0 Å². The Balaban J connectivity index is 0.000000339. The van der Waals surface area contributed by atoms with Gasteiger partial charge in [-0.05, 0) is 12.0 Å². The summed E-state index contributed by atoms with van der Waals surface area (Å²) in [4.78, 5) is 34.8. The number of ether oxygens (including phenoxy) is 1. The first-order chi connectivity index (χ1) is 14.7. The maximum atomic E-state index is 12.9. The Hall–Kier alpha value is -2.73. The highest BCUT2D eigenvalue weighted by Gasteiger charge is 2.39. The molecule has 0 aromatic carbocycles. The molecule has 9 nitrogen and oxygen atoms in total. The van der Waals surface area contributed by atoms with Crippen molar-refractivity contribution < 1.29 is 32.6 Å². The van der Waals surface area contributed by atoms with Gasteiger partial charge < -0.3 is 14.7 Å².